The molecule has 0 fully saturated rings. The van der Waals surface area contributed by atoms with E-state index >= 15 is 0 Å². The smallest absolute Gasteiger partial charge is 0.341 e. The van der Waals surface area contributed by atoms with E-state index in [1.165, 1.54) is 33.4 Å². The first-order valence-corrected chi connectivity index (χ1v) is 27.7. The summed E-state index contributed by atoms with van der Waals surface area (Å²) in [6.45, 7) is 0. The Morgan fingerprint density at radius 1 is 0.346 bits per heavy atom. The molecule has 0 aliphatic carbocycles. The van der Waals surface area contributed by atoms with E-state index in [0.29, 0.717) is 12.1 Å². The summed E-state index contributed by atoms with van der Waals surface area (Å²) >= 11 is 36.6. The Labute approximate surface area is 337 Å². The number of aryl methyl sites for hydroxylation is 2. The van der Waals surface area contributed by atoms with Crippen molar-refractivity contribution in [3.8, 4) is 33.4 Å². The van der Waals surface area contributed by atoms with E-state index in [1.807, 2.05) is 0 Å². The lowest BCUT2D eigenvalue weighted by atomic mass is 9.97. The van der Waals surface area contributed by atoms with Crippen LogP contribution in [-0.2, 0) is 12.8 Å². The van der Waals surface area contributed by atoms with Gasteiger partial charge in [-0.25, -0.2) is 0 Å². The maximum absolute atomic E-state index is 6.10. The molecule has 6 aromatic rings. The largest absolute Gasteiger partial charge is 0.356 e. The van der Waals surface area contributed by atoms with Gasteiger partial charge < -0.3 is 10.6 Å². The molecular weight excluding hydrogens is 801 g/mol. The van der Waals surface area contributed by atoms with Crippen LogP contribution in [-0.4, -0.2) is 12.0 Å². The Morgan fingerprint density at radius 2 is 0.635 bits per heavy atom. The first-order chi connectivity index (χ1) is 25.0. The summed E-state index contributed by atoms with van der Waals surface area (Å²) in [5, 5.41) is 7.06. The van der Waals surface area contributed by atoms with Crippen molar-refractivity contribution in [3.63, 3.8) is 0 Å². The zero-order chi connectivity index (χ0) is 36.6. The minimum atomic E-state index is -2.61. The molecule has 0 aliphatic rings. The second-order valence-corrected chi connectivity index (χ2v) is 31.4. The molecule has 10 heteroatoms. The number of anilines is 4. The summed E-state index contributed by atoms with van der Waals surface area (Å²) < 4.78 is 0. The van der Waals surface area contributed by atoms with Crippen molar-refractivity contribution in [1.29, 1.82) is 0 Å². The van der Waals surface area contributed by atoms with Gasteiger partial charge in [0.25, 0.3) is 0 Å². The summed E-state index contributed by atoms with van der Waals surface area (Å²) in [5.74, 6) is 0. The van der Waals surface area contributed by atoms with Crippen LogP contribution < -0.4 is 10.6 Å². The molecular formula is C42H38Cl6N2Si2. The quantitative estimate of drug-likeness (QED) is 0.0795. The monoisotopic (exact) mass is 836 g/mol. The van der Waals surface area contributed by atoms with Gasteiger partial charge in [-0.1, -0.05) is 97.1 Å². The first kappa shape index (κ1) is 38.8. The van der Waals surface area contributed by atoms with Gasteiger partial charge >= 0.3 is 12.0 Å². The van der Waals surface area contributed by atoms with Crippen molar-refractivity contribution in [2.24, 2.45) is 0 Å². The van der Waals surface area contributed by atoms with Crippen molar-refractivity contribution >= 4 is 101 Å². The lowest BCUT2D eigenvalue weighted by Gasteiger charge is -2.13. The van der Waals surface area contributed by atoms with Gasteiger partial charge in [-0.15, -0.1) is 66.5 Å². The van der Waals surface area contributed by atoms with E-state index in [9.17, 15) is 0 Å². The fourth-order valence-electron chi connectivity index (χ4n) is 6.29. The van der Waals surface area contributed by atoms with Crippen molar-refractivity contribution in [1.82, 2.24) is 0 Å². The second-order valence-electron chi connectivity index (χ2n) is 12.8. The third-order valence-corrected chi connectivity index (χ3v) is 14.2. The number of halogens is 6. The van der Waals surface area contributed by atoms with E-state index in [-0.39, 0.29) is 0 Å². The first-order valence-electron chi connectivity index (χ1n) is 17.2. The number of benzene rings is 6. The Morgan fingerprint density at radius 3 is 0.942 bits per heavy atom. The highest BCUT2D eigenvalue weighted by Gasteiger charge is 2.25. The molecule has 2 N–H and O–H groups in total. The van der Waals surface area contributed by atoms with Gasteiger partial charge in [0.2, 0.25) is 0 Å². The van der Waals surface area contributed by atoms with Gasteiger partial charge in [0, 0.05) is 22.7 Å². The number of hydrogen-bond donors (Lipinski definition) is 2. The van der Waals surface area contributed by atoms with Crippen LogP contribution in [0.5, 0.6) is 0 Å². The molecule has 0 bridgehead atoms. The van der Waals surface area contributed by atoms with Crippen LogP contribution in [0.1, 0.15) is 24.0 Å². The zero-order valence-electron chi connectivity index (χ0n) is 28.4. The molecule has 0 atom stereocenters. The summed E-state index contributed by atoms with van der Waals surface area (Å²) in [6.07, 6.45) is 3.51. The van der Waals surface area contributed by atoms with Gasteiger partial charge in [0.05, 0.1) is 0 Å². The van der Waals surface area contributed by atoms with Gasteiger partial charge in [-0.2, -0.15) is 0 Å². The van der Waals surface area contributed by atoms with Crippen LogP contribution in [0.15, 0.2) is 146 Å². The van der Waals surface area contributed by atoms with Gasteiger partial charge in [0.15, 0.2) is 0 Å². The van der Waals surface area contributed by atoms with Crippen LogP contribution in [0.25, 0.3) is 33.4 Å². The average Bonchev–Trinajstić information content (AvgIpc) is 3.13. The number of rotatable bonds is 15. The lowest BCUT2D eigenvalue weighted by Crippen LogP contribution is -2.08. The zero-order valence-corrected chi connectivity index (χ0v) is 34.9. The van der Waals surface area contributed by atoms with Crippen molar-refractivity contribution in [2.75, 3.05) is 10.6 Å². The van der Waals surface area contributed by atoms with Crippen molar-refractivity contribution < 1.29 is 0 Å². The second kappa shape index (κ2) is 17.9. The van der Waals surface area contributed by atoms with Crippen LogP contribution in [0.2, 0.25) is 12.1 Å². The Bertz CT molecular complexity index is 1890. The summed E-state index contributed by atoms with van der Waals surface area (Å²) in [7, 11) is 0. The predicted molar refractivity (Wildman–Crippen MR) is 235 cm³/mol. The molecule has 0 heterocycles. The standard InChI is InChI=1S/C42H38Cl6N2Si2/c43-51(44,45)29-5-9-33-7-1-3-11-41(33)35-17-25-39(26-18-35)49-37-21-13-31(14-22-37)32-15-23-38(24-16-32)50-40-27-19-36(20-28-40)42-12-4-2-8-34(42)10-6-30-52(46,47)48/h1-4,7-8,11-28,49-50H,5-6,9-10,29-30H2. The minimum Gasteiger partial charge on any atom is -0.356 e. The van der Waals surface area contributed by atoms with Gasteiger partial charge in [0.1, 0.15) is 0 Å². The highest BCUT2D eigenvalue weighted by molar-refractivity contribution is 7.65. The van der Waals surface area contributed by atoms with E-state index in [4.69, 9.17) is 66.5 Å². The van der Waals surface area contributed by atoms with Crippen molar-refractivity contribution in [2.45, 2.75) is 37.8 Å². The Kier molecular flexibility index (Phi) is 13.4. The third-order valence-electron chi connectivity index (χ3n) is 8.92. The topological polar surface area (TPSA) is 24.1 Å². The van der Waals surface area contributed by atoms with E-state index < -0.39 is 12.0 Å². The molecule has 2 nitrogen and oxygen atoms in total. The van der Waals surface area contributed by atoms with Crippen LogP contribution in [0.3, 0.4) is 0 Å². The maximum atomic E-state index is 6.10. The molecule has 0 amide bonds. The molecule has 6 aromatic carbocycles. The molecule has 0 saturated carbocycles. The molecule has 0 aromatic heterocycles. The lowest BCUT2D eigenvalue weighted by molar-refractivity contribution is 0.916. The molecule has 0 radical (unpaired) electrons. The SMILES string of the molecule is Cl[Si](Cl)(Cl)CCCc1ccccc1-c1ccc(Nc2ccc(-c3ccc(Nc4ccc(-c5ccccc5CCC[Si](Cl)(Cl)Cl)cc4)cc3)cc2)cc1. The number of hydrogen-bond acceptors (Lipinski definition) is 2. The molecule has 266 valence electrons. The fourth-order valence-corrected chi connectivity index (χ4v) is 9.85. The highest BCUT2D eigenvalue weighted by Crippen LogP contribution is 2.33. The summed E-state index contributed by atoms with van der Waals surface area (Å²) in [4.78, 5) is 0. The highest BCUT2D eigenvalue weighted by atomic mass is 35.8. The fraction of sp³-hybridized carbons (Fsp3) is 0.143. The average molecular weight is 840 g/mol. The van der Waals surface area contributed by atoms with Crippen LogP contribution in [0, 0.1) is 0 Å². The molecule has 6 rings (SSSR count). The molecule has 0 aliphatic heterocycles. The van der Waals surface area contributed by atoms with Crippen LogP contribution >= 0.6 is 66.5 Å². The maximum Gasteiger partial charge on any atom is 0.341 e. The Hall–Kier alpha value is -2.91. The van der Waals surface area contributed by atoms with E-state index in [1.54, 1.807) is 0 Å². The van der Waals surface area contributed by atoms with E-state index in [2.05, 4.69) is 156 Å². The van der Waals surface area contributed by atoms with Gasteiger partial charge in [-0.05, 0) is 131 Å². The molecule has 0 unspecified atom stereocenters. The predicted octanol–water partition coefficient (Wildman–Crippen LogP) is 15.4. The van der Waals surface area contributed by atoms with E-state index in [0.717, 1.165) is 59.6 Å². The Balaban J connectivity index is 1.03. The third kappa shape index (κ3) is 11.5. The summed E-state index contributed by atoms with van der Waals surface area (Å²) in [6, 6.07) is 47.1. The van der Waals surface area contributed by atoms with Crippen LogP contribution in [0.4, 0.5) is 22.7 Å². The molecule has 0 spiro atoms. The molecule has 52 heavy (non-hydrogen) atoms. The summed E-state index contributed by atoms with van der Waals surface area (Å²) in [5.41, 5.74) is 13.7. The number of nitrogens with one attached hydrogen (secondary N) is 2. The minimum absolute atomic E-state index is 0.660. The normalized spacial score (nSPS) is 11.7. The van der Waals surface area contributed by atoms with Crippen molar-refractivity contribution in [3.05, 3.63) is 157 Å². The van der Waals surface area contributed by atoms with Gasteiger partial charge in [-0.3, -0.25) is 0 Å². The molecule has 0 saturated heterocycles.